The fourth-order valence-corrected chi connectivity index (χ4v) is 2.85. The number of benzene rings is 1. The zero-order chi connectivity index (χ0) is 16.8. The maximum atomic E-state index is 12.3. The third-order valence-electron chi connectivity index (χ3n) is 4.26. The van der Waals surface area contributed by atoms with Crippen molar-refractivity contribution in [2.45, 2.75) is 19.4 Å². The molecule has 0 saturated carbocycles. The minimum atomic E-state index is 0.0382. The van der Waals surface area contributed by atoms with E-state index in [1.807, 2.05) is 36.4 Å². The zero-order valence-corrected chi connectivity index (χ0v) is 13.4. The summed E-state index contributed by atoms with van der Waals surface area (Å²) >= 11 is 0. The molecular formula is C18H19N5O. The van der Waals surface area contributed by atoms with E-state index in [1.54, 1.807) is 12.1 Å². The molecule has 0 bridgehead atoms. The van der Waals surface area contributed by atoms with Gasteiger partial charge in [0.2, 0.25) is 5.91 Å². The number of rotatable bonds is 4. The molecule has 1 aliphatic rings. The molecule has 6 nitrogen and oxygen atoms in total. The highest BCUT2D eigenvalue weighted by molar-refractivity contribution is 5.79. The first-order valence-electron chi connectivity index (χ1n) is 8.06. The Kier molecular flexibility index (Phi) is 5.02. The van der Waals surface area contributed by atoms with Crippen LogP contribution < -0.4 is 10.2 Å². The van der Waals surface area contributed by atoms with Crippen molar-refractivity contribution < 1.29 is 4.79 Å². The van der Waals surface area contributed by atoms with Crippen LogP contribution in [-0.2, 0) is 11.3 Å². The fraction of sp³-hybridized carbons (Fsp3) is 0.333. The molecule has 0 spiro atoms. The number of anilines is 1. The molecule has 0 atom stereocenters. The van der Waals surface area contributed by atoms with E-state index < -0.39 is 0 Å². The molecule has 1 N–H and O–H groups in total. The van der Waals surface area contributed by atoms with Crippen LogP contribution in [0.15, 0.2) is 42.5 Å². The molecule has 1 aromatic carbocycles. The van der Waals surface area contributed by atoms with Gasteiger partial charge in [0.15, 0.2) is 11.5 Å². The molecule has 0 unspecified atom stereocenters. The van der Waals surface area contributed by atoms with Gasteiger partial charge in [-0.2, -0.15) is 5.26 Å². The summed E-state index contributed by atoms with van der Waals surface area (Å²) in [5.74, 6) is 0.915. The van der Waals surface area contributed by atoms with Crippen molar-refractivity contribution in [1.82, 2.24) is 15.5 Å². The number of piperidine rings is 1. The van der Waals surface area contributed by atoms with E-state index in [0.29, 0.717) is 12.2 Å². The molecule has 3 rings (SSSR count). The molecule has 2 heterocycles. The summed E-state index contributed by atoms with van der Waals surface area (Å²) in [7, 11) is 0. The second-order valence-electron chi connectivity index (χ2n) is 5.85. The quantitative estimate of drug-likeness (QED) is 0.930. The van der Waals surface area contributed by atoms with Gasteiger partial charge >= 0.3 is 0 Å². The second-order valence-corrected chi connectivity index (χ2v) is 5.85. The van der Waals surface area contributed by atoms with Crippen LogP contribution in [-0.4, -0.2) is 29.2 Å². The Hall–Kier alpha value is -2.94. The van der Waals surface area contributed by atoms with E-state index in [1.165, 1.54) is 0 Å². The number of aromatic nitrogens is 2. The van der Waals surface area contributed by atoms with Gasteiger partial charge in [0.05, 0.1) is 0 Å². The molecule has 6 heteroatoms. The molecule has 1 aliphatic heterocycles. The lowest BCUT2D eigenvalue weighted by molar-refractivity contribution is -0.125. The van der Waals surface area contributed by atoms with Crippen molar-refractivity contribution in [3.05, 3.63) is 53.7 Å². The van der Waals surface area contributed by atoms with Gasteiger partial charge in [-0.15, -0.1) is 10.2 Å². The van der Waals surface area contributed by atoms with E-state index in [4.69, 9.17) is 5.26 Å². The first kappa shape index (κ1) is 15.9. The number of nitrogens with zero attached hydrogens (tertiary/aromatic N) is 4. The predicted octanol–water partition coefficient (Wildman–Crippen LogP) is 1.88. The Morgan fingerprint density at radius 2 is 1.92 bits per heavy atom. The Morgan fingerprint density at radius 3 is 2.54 bits per heavy atom. The summed E-state index contributed by atoms with van der Waals surface area (Å²) < 4.78 is 0. The molecule has 2 aromatic rings. The molecule has 1 saturated heterocycles. The number of hydrogen-bond acceptors (Lipinski definition) is 5. The summed E-state index contributed by atoms with van der Waals surface area (Å²) in [4.78, 5) is 14.4. The minimum absolute atomic E-state index is 0.0382. The summed E-state index contributed by atoms with van der Waals surface area (Å²) in [5, 5.41) is 19.7. The lowest BCUT2D eigenvalue weighted by Gasteiger charge is -2.31. The standard InChI is InChI=1S/C18H19N5O/c19-12-16-6-7-17(22-21-16)23-10-8-15(9-11-23)18(24)20-13-14-4-2-1-3-5-14/h1-7,15H,8-11,13H2,(H,20,24). The van der Waals surface area contributed by atoms with Gasteiger partial charge in [0.1, 0.15) is 6.07 Å². The summed E-state index contributed by atoms with van der Waals surface area (Å²) in [6.07, 6.45) is 1.59. The predicted molar refractivity (Wildman–Crippen MR) is 90.0 cm³/mol. The van der Waals surface area contributed by atoms with Crippen LogP contribution >= 0.6 is 0 Å². The third-order valence-corrected chi connectivity index (χ3v) is 4.26. The highest BCUT2D eigenvalue weighted by atomic mass is 16.1. The normalized spacial score (nSPS) is 14.9. The van der Waals surface area contributed by atoms with Gasteiger partial charge in [0, 0.05) is 25.6 Å². The Balaban J connectivity index is 1.49. The summed E-state index contributed by atoms with van der Waals surface area (Å²) in [5.41, 5.74) is 1.42. The maximum Gasteiger partial charge on any atom is 0.223 e. The molecule has 1 aromatic heterocycles. The van der Waals surface area contributed by atoms with Crippen LogP contribution in [0, 0.1) is 17.2 Å². The Bertz CT molecular complexity index is 715. The molecule has 0 radical (unpaired) electrons. The fourth-order valence-electron chi connectivity index (χ4n) is 2.85. The van der Waals surface area contributed by atoms with Gasteiger partial charge in [0.25, 0.3) is 0 Å². The van der Waals surface area contributed by atoms with Crippen LogP contribution in [0.1, 0.15) is 24.1 Å². The van der Waals surface area contributed by atoms with Crippen LogP contribution in [0.25, 0.3) is 0 Å². The lowest BCUT2D eigenvalue weighted by atomic mass is 9.96. The van der Waals surface area contributed by atoms with Crippen molar-refractivity contribution in [2.24, 2.45) is 5.92 Å². The monoisotopic (exact) mass is 321 g/mol. The lowest BCUT2D eigenvalue weighted by Crippen LogP contribution is -2.40. The van der Waals surface area contributed by atoms with Crippen molar-refractivity contribution in [1.29, 1.82) is 5.26 Å². The van der Waals surface area contributed by atoms with Gasteiger partial charge in [-0.05, 0) is 30.5 Å². The number of amides is 1. The van der Waals surface area contributed by atoms with Crippen molar-refractivity contribution in [3.63, 3.8) is 0 Å². The maximum absolute atomic E-state index is 12.3. The minimum Gasteiger partial charge on any atom is -0.355 e. The molecule has 1 amide bonds. The number of nitriles is 1. The molecule has 0 aliphatic carbocycles. The van der Waals surface area contributed by atoms with E-state index in [0.717, 1.165) is 37.3 Å². The second kappa shape index (κ2) is 7.55. The van der Waals surface area contributed by atoms with Crippen LogP contribution in [0.4, 0.5) is 5.82 Å². The summed E-state index contributed by atoms with van der Waals surface area (Å²) in [6.45, 7) is 2.11. The number of nitrogens with one attached hydrogen (secondary N) is 1. The van der Waals surface area contributed by atoms with E-state index in [2.05, 4.69) is 20.4 Å². The molecular weight excluding hydrogens is 302 g/mol. The Labute approximate surface area is 141 Å². The molecule has 1 fully saturated rings. The van der Waals surface area contributed by atoms with Crippen molar-refractivity contribution in [3.8, 4) is 6.07 Å². The largest absolute Gasteiger partial charge is 0.355 e. The smallest absolute Gasteiger partial charge is 0.223 e. The zero-order valence-electron chi connectivity index (χ0n) is 13.4. The average Bonchev–Trinajstić information content (AvgIpc) is 2.67. The van der Waals surface area contributed by atoms with E-state index in [-0.39, 0.29) is 11.8 Å². The highest BCUT2D eigenvalue weighted by Crippen LogP contribution is 2.21. The average molecular weight is 321 g/mol. The first-order chi connectivity index (χ1) is 11.8. The van der Waals surface area contributed by atoms with Gasteiger partial charge in [-0.3, -0.25) is 4.79 Å². The van der Waals surface area contributed by atoms with Crippen LogP contribution in [0.3, 0.4) is 0 Å². The first-order valence-corrected chi connectivity index (χ1v) is 8.06. The highest BCUT2D eigenvalue weighted by Gasteiger charge is 2.25. The van der Waals surface area contributed by atoms with E-state index >= 15 is 0 Å². The SMILES string of the molecule is N#Cc1ccc(N2CCC(C(=O)NCc3ccccc3)CC2)nn1. The third kappa shape index (κ3) is 3.87. The van der Waals surface area contributed by atoms with E-state index in [9.17, 15) is 4.79 Å². The van der Waals surface area contributed by atoms with Crippen LogP contribution in [0.2, 0.25) is 0 Å². The topological polar surface area (TPSA) is 81.9 Å². The van der Waals surface area contributed by atoms with Crippen molar-refractivity contribution >= 4 is 11.7 Å². The van der Waals surface area contributed by atoms with Gasteiger partial charge in [-0.1, -0.05) is 30.3 Å². The van der Waals surface area contributed by atoms with Crippen LogP contribution in [0.5, 0.6) is 0 Å². The number of carbonyl (C=O) groups excluding carboxylic acids is 1. The molecule has 24 heavy (non-hydrogen) atoms. The number of carbonyl (C=O) groups is 1. The van der Waals surface area contributed by atoms with Crippen molar-refractivity contribution in [2.75, 3.05) is 18.0 Å². The number of hydrogen-bond donors (Lipinski definition) is 1. The Morgan fingerprint density at radius 1 is 1.17 bits per heavy atom. The van der Waals surface area contributed by atoms with Gasteiger partial charge < -0.3 is 10.2 Å². The van der Waals surface area contributed by atoms with Gasteiger partial charge in [-0.25, -0.2) is 0 Å². The molecule has 122 valence electrons. The summed E-state index contributed by atoms with van der Waals surface area (Å²) in [6, 6.07) is 15.4.